The number of nitro groups is 1. The number of piperazine rings is 1. The summed E-state index contributed by atoms with van der Waals surface area (Å²) in [5.41, 5.74) is 0.626. The van der Waals surface area contributed by atoms with E-state index in [0.29, 0.717) is 16.5 Å². The Labute approximate surface area is 135 Å². The van der Waals surface area contributed by atoms with E-state index in [-0.39, 0.29) is 5.69 Å². The molecule has 22 heavy (non-hydrogen) atoms. The van der Waals surface area contributed by atoms with E-state index in [1.807, 2.05) is 0 Å². The molecule has 120 valence electrons. The predicted octanol–water partition coefficient (Wildman–Crippen LogP) is 1.94. The molecule has 0 saturated carbocycles. The first-order valence-corrected chi connectivity index (χ1v) is 7.56. The molecule has 0 amide bonds. The third-order valence-corrected chi connectivity index (χ3v) is 4.10. The van der Waals surface area contributed by atoms with Crippen LogP contribution in [0.15, 0.2) is 18.2 Å². The molecular formula is C14H20N4O3S. The van der Waals surface area contributed by atoms with Crippen molar-refractivity contribution < 1.29 is 9.66 Å². The zero-order valence-corrected chi connectivity index (χ0v) is 13.6. The van der Waals surface area contributed by atoms with Crippen LogP contribution in [-0.2, 0) is 0 Å². The minimum atomic E-state index is -0.450. The van der Waals surface area contributed by atoms with Crippen LogP contribution in [0.25, 0.3) is 0 Å². The number of anilines is 1. The van der Waals surface area contributed by atoms with Crippen LogP contribution in [0.2, 0.25) is 0 Å². The van der Waals surface area contributed by atoms with E-state index < -0.39 is 4.92 Å². The second-order valence-corrected chi connectivity index (χ2v) is 5.38. The first kappa shape index (κ1) is 16.4. The Morgan fingerprint density at radius 1 is 1.41 bits per heavy atom. The van der Waals surface area contributed by atoms with Crippen molar-refractivity contribution in [3.8, 4) is 5.75 Å². The van der Waals surface area contributed by atoms with E-state index in [9.17, 15) is 10.1 Å². The fraction of sp³-hybridized carbons (Fsp3) is 0.500. The molecule has 0 aliphatic carbocycles. The Kier molecular flexibility index (Phi) is 5.51. The van der Waals surface area contributed by atoms with Crippen molar-refractivity contribution in [2.45, 2.75) is 6.92 Å². The van der Waals surface area contributed by atoms with Gasteiger partial charge in [0.1, 0.15) is 5.75 Å². The number of non-ortho nitro benzene ring substituents is 1. The topological polar surface area (TPSA) is 70.9 Å². The number of benzene rings is 1. The van der Waals surface area contributed by atoms with Crippen molar-refractivity contribution in [1.82, 2.24) is 9.80 Å². The summed E-state index contributed by atoms with van der Waals surface area (Å²) < 4.78 is 5.21. The smallest absolute Gasteiger partial charge is 0.273 e. The van der Waals surface area contributed by atoms with E-state index in [0.717, 1.165) is 32.7 Å². The van der Waals surface area contributed by atoms with E-state index >= 15 is 0 Å². The Morgan fingerprint density at radius 2 is 2.09 bits per heavy atom. The highest BCUT2D eigenvalue weighted by Gasteiger charge is 2.19. The second kappa shape index (κ2) is 7.37. The van der Waals surface area contributed by atoms with Gasteiger partial charge in [-0.05, 0) is 24.8 Å². The van der Waals surface area contributed by atoms with Gasteiger partial charge in [-0.1, -0.05) is 6.92 Å². The first-order chi connectivity index (χ1) is 10.5. The number of likely N-dealkylation sites (N-methyl/N-ethyl adjacent to an activating group) is 1. The maximum Gasteiger partial charge on any atom is 0.273 e. The molecule has 0 bridgehead atoms. The fourth-order valence-corrected chi connectivity index (χ4v) is 2.65. The van der Waals surface area contributed by atoms with Crippen LogP contribution in [-0.4, -0.2) is 59.7 Å². The van der Waals surface area contributed by atoms with Crippen molar-refractivity contribution >= 4 is 28.7 Å². The summed E-state index contributed by atoms with van der Waals surface area (Å²) in [6.07, 6.45) is 0. The third kappa shape index (κ3) is 3.83. The van der Waals surface area contributed by atoms with Gasteiger partial charge in [0.15, 0.2) is 5.11 Å². The predicted molar refractivity (Wildman–Crippen MR) is 89.6 cm³/mol. The molecule has 7 nitrogen and oxygen atoms in total. The van der Waals surface area contributed by atoms with Gasteiger partial charge in [-0.2, -0.15) is 0 Å². The number of methoxy groups -OCH3 is 1. The molecule has 8 heteroatoms. The van der Waals surface area contributed by atoms with E-state index in [1.54, 1.807) is 6.07 Å². The van der Waals surface area contributed by atoms with Crippen LogP contribution < -0.4 is 10.1 Å². The van der Waals surface area contributed by atoms with E-state index in [2.05, 4.69) is 22.0 Å². The third-order valence-electron chi connectivity index (χ3n) is 3.74. The van der Waals surface area contributed by atoms with Gasteiger partial charge in [0, 0.05) is 32.2 Å². The Bertz CT molecular complexity index is 559. The molecule has 1 heterocycles. The largest absolute Gasteiger partial charge is 0.494 e. The number of nitro benzene ring substituents is 1. The van der Waals surface area contributed by atoms with Crippen LogP contribution in [0.1, 0.15) is 6.92 Å². The highest BCUT2D eigenvalue weighted by Crippen LogP contribution is 2.29. The molecular weight excluding hydrogens is 304 g/mol. The molecule has 1 aromatic rings. The van der Waals surface area contributed by atoms with Crippen molar-refractivity contribution in [2.75, 3.05) is 45.2 Å². The maximum absolute atomic E-state index is 10.8. The number of ether oxygens (including phenoxy) is 1. The summed E-state index contributed by atoms with van der Waals surface area (Å²) in [4.78, 5) is 14.8. The van der Waals surface area contributed by atoms with Crippen molar-refractivity contribution in [3.05, 3.63) is 28.3 Å². The highest BCUT2D eigenvalue weighted by molar-refractivity contribution is 7.80. The molecule has 1 fully saturated rings. The van der Waals surface area contributed by atoms with Gasteiger partial charge >= 0.3 is 0 Å². The molecule has 1 aliphatic heterocycles. The van der Waals surface area contributed by atoms with Gasteiger partial charge in [0.2, 0.25) is 0 Å². The second-order valence-electron chi connectivity index (χ2n) is 4.99. The average molecular weight is 324 g/mol. The number of rotatable bonds is 4. The minimum Gasteiger partial charge on any atom is -0.494 e. The SMILES string of the molecule is CCN1CCN(C(=S)Nc2ccc([N+](=O)[O-])cc2OC)CC1. The van der Waals surface area contributed by atoms with Gasteiger partial charge < -0.3 is 19.9 Å². The molecule has 0 spiro atoms. The average Bonchev–Trinajstić information content (AvgIpc) is 2.55. The Balaban J connectivity index is 2.04. The van der Waals surface area contributed by atoms with Crippen molar-refractivity contribution in [1.29, 1.82) is 0 Å². The number of hydrogen-bond acceptors (Lipinski definition) is 5. The maximum atomic E-state index is 10.8. The van der Waals surface area contributed by atoms with Gasteiger partial charge in [-0.25, -0.2) is 0 Å². The molecule has 0 unspecified atom stereocenters. The summed E-state index contributed by atoms with van der Waals surface area (Å²) >= 11 is 5.43. The number of thiocarbonyl (C=S) groups is 1. The van der Waals surface area contributed by atoms with Crippen molar-refractivity contribution in [3.63, 3.8) is 0 Å². The van der Waals surface area contributed by atoms with E-state index in [4.69, 9.17) is 17.0 Å². The molecule has 0 aromatic heterocycles. The standard InChI is InChI=1S/C14H20N4O3S/c1-3-16-6-8-17(9-7-16)14(22)15-12-5-4-11(18(19)20)10-13(12)21-2/h4-5,10H,3,6-9H2,1-2H3,(H,15,22). The summed E-state index contributed by atoms with van der Waals surface area (Å²) in [7, 11) is 1.48. The monoisotopic (exact) mass is 324 g/mol. The van der Waals surface area contributed by atoms with Crippen LogP contribution >= 0.6 is 12.2 Å². The molecule has 2 rings (SSSR count). The summed E-state index contributed by atoms with van der Waals surface area (Å²) in [5.74, 6) is 0.406. The van der Waals surface area contributed by atoms with Crippen LogP contribution in [0.5, 0.6) is 5.75 Å². The quantitative estimate of drug-likeness (QED) is 0.515. The minimum absolute atomic E-state index is 0.00937. The normalized spacial score (nSPS) is 15.5. The van der Waals surface area contributed by atoms with Crippen LogP contribution in [0.4, 0.5) is 11.4 Å². The lowest BCUT2D eigenvalue weighted by Gasteiger charge is -2.35. The van der Waals surface area contributed by atoms with Gasteiger partial charge in [-0.3, -0.25) is 10.1 Å². The Hall–Kier alpha value is -1.93. The number of hydrogen-bond donors (Lipinski definition) is 1. The molecule has 1 aliphatic rings. The molecule has 1 aromatic carbocycles. The number of nitrogens with one attached hydrogen (secondary N) is 1. The Morgan fingerprint density at radius 3 is 2.64 bits per heavy atom. The lowest BCUT2D eigenvalue weighted by atomic mass is 10.2. The summed E-state index contributed by atoms with van der Waals surface area (Å²) in [5, 5.41) is 14.5. The van der Waals surface area contributed by atoms with Gasteiger partial charge in [0.25, 0.3) is 5.69 Å². The lowest BCUT2D eigenvalue weighted by Crippen LogP contribution is -2.49. The van der Waals surface area contributed by atoms with Crippen LogP contribution in [0, 0.1) is 10.1 Å². The zero-order valence-electron chi connectivity index (χ0n) is 12.7. The molecule has 0 atom stereocenters. The molecule has 0 radical (unpaired) electrons. The summed E-state index contributed by atoms with van der Waals surface area (Å²) in [6, 6.07) is 4.44. The van der Waals surface area contributed by atoms with E-state index in [1.165, 1.54) is 19.2 Å². The molecule has 1 N–H and O–H groups in total. The number of nitrogens with zero attached hydrogens (tertiary/aromatic N) is 3. The zero-order chi connectivity index (χ0) is 16.1. The molecule has 1 saturated heterocycles. The lowest BCUT2D eigenvalue weighted by molar-refractivity contribution is -0.384. The van der Waals surface area contributed by atoms with Crippen LogP contribution in [0.3, 0.4) is 0 Å². The van der Waals surface area contributed by atoms with Crippen molar-refractivity contribution in [2.24, 2.45) is 0 Å². The highest BCUT2D eigenvalue weighted by atomic mass is 32.1. The first-order valence-electron chi connectivity index (χ1n) is 7.16. The van der Waals surface area contributed by atoms with Gasteiger partial charge in [0.05, 0.1) is 23.8 Å². The summed E-state index contributed by atoms with van der Waals surface area (Å²) in [6.45, 7) is 6.90. The fourth-order valence-electron chi connectivity index (χ4n) is 2.36. The van der Waals surface area contributed by atoms with Gasteiger partial charge in [-0.15, -0.1) is 0 Å².